The lowest BCUT2D eigenvalue weighted by molar-refractivity contribution is -0.139. The fourth-order valence-corrected chi connectivity index (χ4v) is 3.75. The van der Waals surface area contributed by atoms with Crippen molar-refractivity contribution in [3.05, 3.63) is 29.8 Å². The number of nitrogens with zero attached hydrogens (tertiary/aromatic N) is 1. The molecular weight excluding hydrogens is 312 g/mol. The summed E-state index contributed by atoms with van der Waals surface area (Å²) in [6, 6.07) is 6.50. The molecule has 21 heavy (non-hydrogen) atoms. The third-order valence-electron chi connectivity index (χ3n) is 2.99. The summed E-state index contributed by atoms with van der Waals surface area (Å²) in [5.74, 6) is 0.197. The summed E-state index contributed by atoms with van der Waals surface area (Å²) in [6.45, 7) is 1.88. The number of carbonyl (C=O) groups is 1. The summed E-state index contributed by atoms with van der Waals surface area (Å²) >= 11 is 1.39. The van der Waals surface area contributed by atoms with Crippen LogP contribution in [-0.2, 0) is 19.6 Å². The Morgan fingerprint density at radius 1 is 1.38 bits per heavy atom. The van der Waals surface area contributed by atoms with Crippen LogP contribution in [0.5, 0.6) is 0 Å². The van der Waals surface area contributed by atoms with Gasteiger partial charge in [0.15, 0.2) is 0 Å². The Balaban J connectivity index is 2.04. The van der Waals surface area contributed by atoms with Gasteiger partial charge in [-0.2, -0.15) is 13.5 Å². The van der Waals surface area contributed by atoms with Crippen molar-refractivity contribution in [3.8, 4) is 0 Å². The van der Waals surface area contributed by atoms with Crippen LogP contribution in [0.15, 0.2) is 34.3 Å². The number of thioether (sulfide) groups is 1. The van der Waals surface area contributed by atoms with Crippen LogP contribution in [0.4, 0.5) is 0 Å². The maximum atomic E-state index is 12.1. The van der Waals surface area contributed by atoms with Crippen molar-refractivity contribution in [2.24, 2.45) is 5.10 Å². The number of hydrogen-bond acceptors (Lipinski definition) is 6. The van der Waals surface area contributed by atoms with Crippen molar-refractivity contribution >= 4 is 33.5 Å². The fourth-order valence-electron chi connectivity index (χ4n) is 1.78. The van der Waals surface area contributed by atoms with Gasteiger partial charge in [0.2, 0.25) is 0 Å². The van der Waals surface area contributed by atoms with Gasteiger partial charge in [0.1, 0.15) is 5.25 Å². The van der Waals surface area contributed by atoms with Crippen LogP contribution >= 0.6 is 11.8 Å². The summed E-state index contributed by atoms with van der Waals surface area (Å²) in [6.07, 6.45) is 0.397. The van der Waals surface area contributed by atoms with Crippen molar-refractivity contribution < 1.29 is 17.9 Å². The number of nitrogens with one attached hydrogen (secondary N) is 1. The highest BCUT2D eigenvalue weighted by Gasteiger charge is 2.29. The second kappa shape index (κ2) is 6.48. The van der Waals surface area contributed by atoms with Gasteiger partial charge in [-0.05, 0) is 19.1 Å². The van der Waals surface area contributed by atoms with Gasteiger partial charge in [0.05, 0.1) is 17.7 Å². The highest BCUT2D eigenvalue weighted by Crippen LogP contribution is 2.25. The Hall–Kier alpha value is -1.54. The van der Waals surface area contributed by atoms with Gasteiger partial charge in [-0.15, -0.1) is 11.8 Å². The topological polar surface area (TPSA) is 84.8 Å². The zero-order chi connectivity index (χ0) is 15.5. The van der Waals surface area contributed by atoms with E-state index < -0.39 is 10.0 Å². The molecule has 1 aliphatic rings. The Morgan fingerprint density at radius 2 is 2.05 bits per heavy atom. The average Bonchev–Trinajstić information content (AvgIpc) is 2.94. The number of ether oxygens (including phenoxy) is 1. The van der Waals surface area contributed by atoms with Gasteiger partial charge in [-0.25, -0.2) is 4.83 Å². The molecule has 1 aromatic rings. The summed E-state index contributed by atoms with van der Waals surface area (Å²) in [5, 5.41) is 3.60. The van der Waals surface area contributed by atoms with Crippen LogP contribution in [0, 0.1) is 6.92 Å². The number of sulfonamides is 1. The monoisotopic (exact) mass is 328 g/mol. The van der Waals surface area contributed by atoms with Crippen LogP contribution < -0.4 is 4.83 Å². The van der Waals surface area contributed by atoms with Crippen LogP contribution in [0.1, 0.15) is 12.0 Å². The molecule has 114 valence electrons. The first-order chi connectivity index (χ1) is 9.92. The minimum Gasteiger partial charge on any atom is -0.468 e. The first kappa shape index (κ1) is 15.8. The minimum atomic E-state index is -3.67. The molecule has 2 rings (SSSR count). The van der Waals surface area contributed by atoms with Crippen LogP contribution in [0.2, 0.25) is 0 Å². The molecule has 1 heterocycles. The predicted octanol–water partition coefficient (Wildman–Crippen LogP) is 1.31. The molecule has 1 aromatic carbocycles. The van der Waals surface area contributed by atoms with Crippen molar-refractivity contribution in [3.63, 3.8) is 0 Å². The Morgan fingerprint density at radius 3 is 2.67 bits per heavy atom. The molecule has 0 bridgehead atoms. The number of carbonyl (C=O) groups excluding carboxylic acids is 1. The van der Waals surface area contributed by atoms with Gasteiger partial charge in [-0.3, -0.25) is 4.79 Å². The molecule has 0 saturated carbocycles. The predicted molar refractivity (Wildman–Crippen MR) is 81.8 cm³/mol. The van der Waals surface area contributed by atoms with Gasteiger partial charge in [0, 0.05) is 12.2 Å². The lowest BCUT2D eigenvalue weighted by Crippen LogP contribution is -2.21. The molecule has 6 nitrogen and oxygen atoms in total. The first-order valence-corrected chi connectivity index (χ1v) is 8.79. The molecule has 1 aliphatic heterocycles. The summed E-state index contributed by atoms with van der Waals surface area (Å²) < 4.78 is 28.8. The number of esters is 1. The Bertz CT molecular complexity index is 653. The number of hydrazone groups is 1. The zero-order valence-electron chi connectivity index (χ0n) is 11.7. The Kier molecular flexibility index (Phi) is 4.89. The molecule has 0 radical (unpaired) electrons. The van der Waals surface area contributed by atoms with E-state index in [1.807, 2.05) is 6.92 Å². The van der Waals surface area contributed by atoms with E-state index >= 15 is 0 Å². The maximum absolute atomic E-state index is 12.1. The zero-order valence-corrected chi connectivity index (χ0v) is 13.3. The lowest BCUT2D eigenvalue weighted by atomic mass is 10.2. The number of aryl methyl sites for hydroxylation is 1. The van der Waals surface area contributed by atoms with E-state index in [9.17, 15) is 13.2 Å². The van der Waals surface area contributed by atoms with Crippen LogP contribution in [-0.4, -0.2) is 38.2 Å². The highest BCUT2D eigenvalue weighted by atomic mass is 32.2. The van der Waals surface area contributed by atoms with E-state index in [0.29, 0.717) is 17.9 Å². The molecule has 0 unspecified atom stereocenters. The smallest absolute Gasteiger partial charge is 0.319 e. The molecule has 0 amide bonds. The van der Waals surface area contributed by atoms with Gasteiger partial charge >= 0.3 is 5.97 Å². The van der Waals surface area contributed by atoms with Gasteiger partial charge < -0.3 is 4.74 Å². The SMILES string of the molecule is COC(=O)[C@@H]1C/C(=N\NS(=O)(=O)c2ccc(C)cc2)CS1. The van der Waals surface area contributed by atoms with E-state index in [4.69, 9.17) is 0 Å². The van der Waals surface area contributed by atoms with Gasteiger partial charge in [-0.1, -0.05) is 17.7 Å². The van der Waals surface area contributed by atoms with Crippen molar-refractivity contribution in [2.75, 3.05) is 12.9 Å². The van der Waals surface area contributed by atoms with Crippen molar-refractivity contribution in [2.45, 2.75) is 23.5 Å². The van der Waals surface area contributed by atoms with E-state index in [1.54, 1.807) is 12.1 Å². The van der Waals surface area contributed by atoms with Crippen LogP contribution in [0.25, 0.3) is 0 Å². The molecule has 0 aromatic heterocycles. The fraction of sp³-hybridized carbons (Fsp3) is 0.385. The molecule has 1 atom stereocenters. The third-order valence-corrected chi connectivity index (χ3v) is 5.48. The first-order valence-electron chi connectivity index (χ1n) is 6.26. The number of rotatable bonds is 4. The molecule has 1 N–H and O–H groups in total. The molecule has 0 spiro atoms. The maximum Gasteiger partial charge on any atom is 0.319 e. The van der Waals surface area contributed by atoms with E-state index in [0.717, 1.165) is 5.56 Å². The normalized spacial score (nSPS) is 20.5. The average molecular weight is 328 g/mol. The lowest BCUT2D eigenvalue weighted by Gasteiger charge is -2.05. The Labute approximate surface area is 128 Å². The molecule has 1 fully saturated rings. The quantitative estimate of drug-likeness (QED) is 0.665. The summed E-state index contributed by atoms with van der Waals surface area (Å²) in [5.41, 5.74) is 1.61. The van der Waals surface area contributed by atoms with Crippen molar-refractivity contribution in [1.82, 2.24) is 4.83 Å². The number of hydrogen-bond donors (Lipinski definition) is 1. The van der Waals surface area contributed by atoms with E-state index in [-0.39, 0.29) is 16.1 Å². The number of methoxy groups -OCH3 is 1. The second-order valence-corrected chi connectivity index (χ2v) is 7.46. The largest absolute Gasteiger partial charge is 0.468 e. The van der Waals surface area contributed by atoms with E-state index in [2.05, 4.69) is 14.7 Å². The van der Waals surface area contributed by atoms with Gasteiger partial charge in [0.25, 0.3) is 10.0 Å². The summed E-state index contributed by atoms with van der Waals surface area (Å²) in [7, 11) is -2.34. The molecule has 0 aliphatic carbocycles. The standard InChI is InChI=1S/C13H16N2O4S2/c1-9-3-5-11(6-4-9)21(17,18)15-14-10-7-12(20-8-10)13(16)19-2/h3-6,12,15H,7-8H2,1-2H3/b14-10+/t12-/m0/s1. The molecule has 1 saturated heterocycles. The number of benzene rings is 1. The van der Waals surface area contributed by atoms with Crippen LogP contribution in [0.3, 0.4) is 0 Å². The van der Waals surface area contributed by atoms with E-state index in [1.165, 1.54) is 31.0 Å². The molecule has 8 heteroatoms. The summed E-state index contributed by atoms with van der Waals surface area (Å²) in [4.78, 5) is 13.7. The third kappa shape index (κ3) is 3.98. The highest BCUT2D eigenvalue weighted by molar-refractivity contribution is 8.01. The minimum absolute atomic E-state index is 0.160. The second-order valence-electron chi connectivity index (χ2n) is 4.61. The molecular formula is C13H16N2O4S2. The van der Waals surface area contributed by atoms with Crippen molar-refractivity contribution in [1.29, 1.82) is 0 Å².